The van der Waals surface area contributed by atoms with Crippen LogP contribution in [0.25, 0.3) is 0 Å². The van der Waals surface area contributed by atoms with Crippen LogP contribution in [-0.2, 0) is 4.79 Å². The van der Waals surface area contributed by atoms with E-state index < -0.39 is 11.5 Å². The molecule has 2 rings (SSSR count). The molecule has 1 fully saturated rings. The van der Waals surface area contributed by atoms with Gasteiger partial charge in [-0.1, -0.05) is 30.1 Å². The molecule has 110 valence electrons. The van der Waals surface area contributed by atoms with E-state index in [1.54, 1.807) is 23.9 Å². The topological polar surface area (TPSA) is 49.3 Å². The van der Waals surface area contributed by atoms with Gasteiger partial charge < -0.3 is 10.4 Å². The molecule has 0 saturated heterocycles. The number of carboxylic acids is 1. The summed E-state index contributed by atoms with van der Waals surface area (Å²) in [5.41, 5.74) is -0.794. The van der Waals surface area contributed by atoms with Crippen LogP contribution < -0.4 is 5.32 Å². The maximum atomic E-state index is 11.5. The molecule has 2 N–H and O–H groups in total. The van der Waals surface area contributed by atoms with E-state index in [1.807, 2.05) is 13.0 Å². The Morgan fingerprint density at radius 3 is 2.95 bits per heavy atom. The number of hydrogen-bond acceptors (Lipinski definition) is 3. The van der Waals surface area contributed by atoms with Gasteiger partial charge in [0.1, 0.15) is 5.54 Å². The normalized spacial score (nSPS) is 25.9. The first kappa shape index (κ1) is 16.0. The quantitative estimate of drug-likeness (QED) is 0.852. The van der Waals surface area contributed by atoms with Gasteiger partial charge in [0, 0.05) is 15.2 Å². The second kappa shape index (κ2) is 6.56. The third kappa shape index (κ3) is 3.42. The number of carboxylic acid groups (broad SMARTS) is 1. The summed E-state index contributed by atoms with van der Waals surface area (Å²) in [6.07, 6.45) is 2.10. The molecule has 0 aromatic heterocycles. The largest absolute Gasteiger partial charge is 0.480 e. The number of thioether (sulfide) groups is 1. The summed E-state index contributed by atoms with van der Waals surface area (Å²) in [6, 6.07) is 5.36. The fourth-order valence-electron chi connectivity index (χ4n) is 2.62. The lowest BCUT2D eigenvalue weighted by Gasteiger charge is -2.25. The van der Waals surface area contributed by atoms with E-state index in [9.17, 15) is 9.90 Å². The summed E-state index contributed by atoms with van der Waals surface area (Å²) >= 11 is 13.8. The number of hydrogen-bond donors (Lipinski definition) is 2. The molecule has 1 aromatic rings. The molecule has 0 heterocycles. The third-order valence-electron chi connectivity index (χ3n) is 3.58. The van der Waals surface area contributed by atoms with Crippen LogP contribution in [0.3, 0.4) is 0 Å². The highest BCUT2D eigenvalue weighted by atomic mass is 35.5. The Balaban J connectivity index is 2.09. The zero-order valence-corrected chi connectivity index (χ0v) is 13.5. The lowest BCUT2D eigenvalue weighted by molar-refractivity contribution is -0.144. The van der Waals surface area contributed by atoms with Gasteiger partial charge in [-0.2, -0.15) is 0 Å². The van der Waals surface area contributed by atoms with E-state index in [0.717, 1.165) is 11.3 Å². The molecule has 1 saturated carbocycles. The van der Waals surface area contributed by atoms with Crippen molar-refractivity contribution < 1.29 is 9.90 Å². The lowest BCUT2D eigenvalue weighted by atomic mass is 9.98. The average Bonchev–Trinajstić information content (AvgIpc) is 2.79. The Morgan fingerprint density at radius 2 is 2.30 bits per heavy atom. The van der Waals surface area contributed by atoms with Crippen molar-refractivity contribution in [3.05, 3.63) is 28.2 Å². The van der Waals surface area contributed by atoms with Crippen LogP contribution in [0.2, 0.25) is 10.0 Å². The predicted molar refractivity (Wildman–Crippen MR) is 84.0 cm³/mol. The van der Waals surface area contributed by atoms with Gasteiger partial charge >= 0.3 is 5.97 Å². The van der Waals surface area contributed by atoms with Crippen LogP contribution in [0.15, 0.2) is 23.1 Å². The highest BCUT2D eigenvalue weighted by molar-refractivity contribution is 8.00. The first-order valence-corrected chi connectivity index (χ1v) is 8.20. The number of carbonyl (C=O) groups is 1. The van der Waals surface area contributed by atoms with Gasteiger partial charge in [-0.3, -0.25) is 4.79 Å². The van der Waals surface area contributed by atoms with E-state index in [2.05, 4.69) is 5.32 Å². The van der Waals surface area contributed by atoms with Crippen LogP contribution in [0, 0.1) is 0 Å². The van der Waals surface area contributed by atoms with Gasteiger partial charge in [0.2, 0.25) is 0 Å². The monoisotopic (exact) mass is 333 g/mol. The molecule has 3 nitrogen and oxygen atoms in total. The summed E-state index contributed by atoms with van der Waals surface area (Å²) < 4.78 is 0. The number of halogens is 2. The zero-order chi connectivity index (χ0) is 14.8. The van der Waals surface area contributed by atoms with Gasteiger partial charge in [-0.15, -0.1) is 11.8 Å². The SMILES string of the molecule is CCNC1(C(=O)O)CCC(Sc2cc(Cl)ccc2Cl)C1. The van der Waals surface area contributed by atoms with Gasteiger partial charge in [0.15, 0.2) is 0 Å². The second-order valence-electron chi connectivity index (χ2n) is 4.97. The molecule has 1 aliphatic carbocycles. The Hall–Kier alpha value is -0.420. The first-order valence-electron chi connectivity index (χ1n) is 6.57. The minimum absolute atomic E-state index is 0.237. The summed E-state index contributed by atoms with van der Waals surface area (Å²) in [4.78, 5) is 12.4. The number of likely N-dealkylation sites (N-methyl/N-ethyl adjacent to an activating group) is 1. The van der Waals surface area contributed by atoms with Crippen molar-refractivity contribution in [1.82, 2.24) is 5.32 Å². The summed E-state index contributed by atoms with van der Waals surface area (Å²) in [6.45, 7) is 2.58. The summed E-state index contributed by atoms with van der Waals surface area (Å²) in [5.74, 6) is -0.764. The molecule has 1 aliphatic rings. The highest BCUT2D eigenvalue weighted by Crippen LogP contribution is 2.42. The minimum atomic E-state index is -0.794. The molecule has 0 radical (unpaired) electrons. The molecule has 1 aromatic carbocycles. The standard InChI is InChI=1S/C14H17Cl2NO2S/c1-2-17-14(13(18)19)6-5-10(8-14)20-12-7-9(15)3-4-11(12)16/h3-4,7,10,17H,2,5-6,8H2,1H3,(H,18,19). The van der Waals surface area contributed by atoms with Crippen molar-refractivity contribution in [2.75, 3.05) is 6.54 Å². The van der Waals surface area contributed by atoms with Gasteiger partial charge in [-0.05, 0) is 44.0 Å². The summed E-state index contributed by atoms with van der Waals surface area (Å²) in [5, 5.41) is 14.1. The van der Waals surface area contributed by atoms with Crippen molar-refractivity contribution in [3.8, 4) is 0 Å². The van der Waals surface area contributed by atoms with Crippen molar-refractivity contribution in [2.24, 2.45) is 0 Å². The second-order valence-corrected chi connectivity index (χ2v) is 7.16. The van der Waals surface area contributed by atoms with Crippen LogP contribution in [0.1, 0.15) is 26.2 Å². The van der Waals surface area contributed by atoms with Crippen molar-refractivity contribution in [3.63, 3.8) is 0 Å². The molecule has 2 unspecified atom stereocenters. The van der Waals surface area contributed by atoms with Crippen LogP contribution >= 0.6 is 35.0 Å². The fourth-order valence-corrected chi connectivity index (χ4v) is 4.44. The van der Waals surface area contributed by atoms with Gasteiger partial charge in [0.25, 0.3) is 0 Å². The molecule has 20 heavy (non-hydrogen) atoms. The number of rotatable bonds is 5. The van der Waals surface area contributed by atoms with Gasteiger partial charge in [0.05, 0.1) is 5.02 Å². The highest BCUT2D eigenvalue weighted by Gasteiger charge is 2.45. The van der Waals surface area contributed by atoms with Crippen molar-refractivity contribution in [1.29, 1.82) is 0 Å². The molecular formula is C14H17Cl2NO2S. The van der Waals surface area contributed by atoms with Crippen LogP contribution in [0.5, 0.6) is 0 Å². The molecule has 6 heteroatoms. The Morgan fingerprint density at radius 1 is 1.55 bits per heavy atom. The Labute approximate surface area is 133 Å². The number of nitrogens with one attached hydrogen (secondary N) is 1. The van der Waals surface area contributed by atoms with Crippen LogP contribution in [-0.4, -0.2) is 28.4 Å². The molecule has 0 spiro atoms. The van der Waals surface area contributed by atoms with Crippen molar-refractivity contribution in [2.45, 2.75) is 41.9 Å². The summed E-state index contributed by atoms with van der Waals surface area (Å²) in [7, 11) is 0. The molecular weight excluding hydrogens is 317 g/mol. The molecule has 0 aliphatic heterocycles. The van der Waals surface area contributed by atoms with E-state index in [1.165, 1.54) is 0 Å². The van der Waals surface area contributed by atoms with E-state index in [0.29, 0.717) is 29.4 Å². The van der Waals surface area contributed by atoms with E-state index in [-0.39, 0.29) is 5.25 Å². The zero-order valence-electron chi connectivity index (χ0n) is 11.2. The maximum absolute atomic E-state index is 11.5. The lowest BCUT2D eigenvalue weighted by Crippen LogP contribution is -2.50. The van der Waals surface area contributed by atoms with Gasteiger partial charge in [-0.25, -0.2) is 0 Å². The van der Waals surface area contributed by atoms with Crippen molar-refractivity contribution >= 4 is 40.9 Å². The number of benzene rings is 1. The molecule has 2 atom stereocenters. The number of aliphatic carboxylic acids is 1. The Bertz CT molecular complexity index is 512. The average molecular weight is 334 g/mol. The minimum Gasteiger partial charge on any atom is -0.480 e. The first-order chi connectivity index (χ1) is 9.47. The Kier molecular flexibility index (Phi) is 5.24. The smallest absolute Gasteiger partial charge is 0.323 e. The van der Waals surface area contributed by atoms with Crippen LogP contribution in [0.4, 0.5) is 0 Å². The van der Waals surface area contributed by atoms with E-state index >= 15 is 0 Å². The molecule has 0 amide bonds. The fraction of sp³-hybridized carbons (Fsp3) is 0.500. The molecule has 0 bridgehead atoms. The third-order valence-corrected chi connectivity index (χ3v) is 5.58. The van der Waals surface area contributed by atoms with E-state index in [4.69, 9.17) is 23.2 Å². The maximum Gasteiger partial charge on any atom is 0.323 e. The predicted octanol–water partition coefficient (Wildman–Crippen LogP) is 4.07.